The third kappa shape index (κ3) is 3.46. The lowest BCUT2D eigenvalue weighted by Crippen LogP contribution is -2.06. The van der Waals surface area contributed by atoms with Crippen LogP contribution in [0.2, 0.25) is 5.02 Å². The minimum atomic E-state index is -0.0746. The molecule has 0 spiro atoms. The van der Waals surface area contributed by atoms with Crippen LogP contribution in [-0.4, -0.2) is 20.0 Å². The SMILES string of the molecule is Cc1nnc(C(C)Nc2cnn(Cc3ccc(Cl)cc3)c2)o1. The van der Waals surface area contributed by atoms with Crippen molar-refractivity contribution in [2.24, 2.45) is 0 Å². The second kappa shape index (κ2) is 6.19. The molecule has 0 fully saturated rings. The first kappa shape index (κ1) is 14.6. The molecule has 1 aromatic carbocycles. The van der Waals surface area contributed by atoms with Crippen LogP contribution >= 0.6 is 11.6 Å². The van der Waals surface area contributed by atoms with Gasteiger partial charge in [-0.2, -0.15) is 5.10 Å². The Morgan fingerprint density at radius 3 is 2.73 bits per heavy atom. The Hall–Kier alpha value is -2.34. The van der Waals surface area contributed by atoms with Crippen LogP contribution in [0.1, 0.15) is 30.3 Å². The molecule has 2 heterocycles. The van der Waals surface area contributed by atoms with Crippen LogP contribution in [0.15, 0.2) is 41.1 Å². The lowest BCUT2D eigenvalue weighted by molar-refractivity contribution is 0.451. The highest BCUT2D eigenvalue weighted by atomic mass is 35.5. The van der Waals surface area contributed by atoms with E-state index >= 15 is 0 Å². The van der Waals surface area contributed by atoms with E-state index in [1.54, 1.807) is 13.1 Å². The third-order valence-electron chi connectivity index (χ3n) is 3.19. The Balaban J connectivity index is 1.64. The molecule has 22 heavy (non-hydrogen) atoms. The summed E-state index contributed by atoms with van der Waals surface area (Å²) in [6, 6.07) is 7.65. The average Bonchev–Trinajstić information content (AvgIpc) is 3.11. The number of aryl methyl sites for hydroxylation is 1. The van der Waals surface area contributed by atoms with Crippen molar-refractivity contribution in [3.63, 3.8) is 0 Å². The number of anilines is 1. The molecule has 1 N–H and O–H groups in total. The summed E-state index contributed by atoms with van der Waals surface area (Å²) in [5.74, 6) is 1.12. The average molecular weight is 318 g/mol. The largest absolute Gasteiger partial charge is 0.423 e. The van der Waals surface area contributed by atoms with Crippen molar-refractivity contribution in [3.05, 3.63) is 59.0 Å². The van der Waals surface area contributed by atoms with Crippen molar-refractivity contribution in [2.45, 2.75) is 26.4 Å². The summed E-state index contributed by atoms with van der Waals surface area (Å²) in [6.45, 7) is 4.42. The summed E-state index contributed by atoms with van der Waals surface area (Å²) in [4.78, 5) is 0. The number of hydrogen-bond donors (Lipinski definition) is 1. The first-order valence-electron chi connectivity index (χ1n) is 6.93. The Morgan fingerprint density at radius 2 is 2.05 bits per heavy atom. The summed E-state index contributed by atoms with van der Waals surface area (Å²) in [6.07, 6.45) is 3.71. The normalized spacial score (nSPS) is 12.3. The van der Waals surface area contributed by atoms with Gasteiger partial charge in [0.05, 0.1) is 18.4 Å². The van der Waals surface area contributed by atoms with Crippen molar-refractivity contribution >= 4 is 17.3 Å². The monoisotopic (exact) mass is 317 g/mol. The van der Waals surface area contributed by atoms with Gasteiger partial charge in [0.1, 0.15) is 6.04 Å². The molecule has 0 bridgehead atoms. The topological polar surface area (TPSA) is 68.8 Å². The van der Waals surface area contributed by atoms with Gasteiger partial charge in [0.2, 0.25) is 11.8 Å². The molecular weight excluding hydrogens is 302 g/mol. The predicted octanol–water partition coefficient (Wildman–Crippen LogP) is 3.45. The fourth-order valence-corrected chi connectivity index (χ4v) is 2.23. The van der Waals surface area contributed by atoms with Gasteiger partial charge in [0, 0.05) is 18.1 Å². The summed E-state index contributed by atoms with van der Waals surface area (Å²) in [7, 11) is 0. The second-order valence-electron chi connectivity index (χ2n) is 5.08. The molecule has 3 aromatic rings. The van der Waals surface area contributed by atoms with Gasteiger partial charge in [-0.25, -0.2) is 0 Å². The van der Waals surface area contributed by atoms with Crippen LogP contribution in [0, 0.1) is 6.92 Å². The van der Waals surface area contributed by atoms with Crippen molar-refractivity contribution < 1.29 is 4.42 Å². The molecule has 6 nitrogen and oxygen atoms in total. The van der Waals surface area contributed by atoms with E-state index in [0.29, 0.717) is 18.3 Å². The molecule has 0 saturated heterocycles. The standard InChI is InChI=1S/C15H16ClN5O/c1-10(15-20-19-11(2)22-15)18-14-7-17-21(9-14)8-12-3-5-13(16)6-4-12/h3-7,9-10,18H,8H2,1-2H3. The first-order chi connectivity index (χ1) is 10.6. The Bertz CT molecular complexity index is 749. The minimum Gasteiger partial charge on any atom is -0.423 e. The molecule has 0 radical (unpaired) electrons. The number of nitrogens with zero attached hydrogens (tertiary/aromatic N) is 4. The zero-order valence-corrected chi connectivity index (χ0v) is 13.1. The Morgan fingerprint density at radius 1 is 1.27 bits per heavy atom. The van der Waals surface area contributed by atoms with Gasteiger partial charge in [0.25, 0.3) is 0 Å². The van der Waals surface area contributed by atoms with Gasteiger partial charge < -0.3 is 9.73 Å². The zero-order valence-electron chi connectivity index (χ0n) is 12.3. The number of aromatic nitrogens is 4. The van der Waals surface area contributed by atoms with E-state index in [-0.39, 0.29) is 6.04 Å². The van der Waals surface area contributed by atoms with E-state index in [4.69, 9.17) is 16.0 Å². The van der Waals surface area contributed by atoms with Crippen molar-refractivity contribution in [1.82, 2.24) is 20.0 Å². The number of benzene rings is 1. The van der Waals surface area contributed by atoms with Crippen LogP contribution in [0.5, 0.6) is 0 Å². The van der Waals surface area contributed by atoms with E-state index in [0.717, 1.165) is 16.3 Å². The molecule has 0 aliphatic carbocycles. The molecule has 3 rings (SSSR count). The maximum Gasteiger partial charge on any atom is 0.238 e. The lowest BCUT2D eigenvalue weighted by atomic mass is 10.2. The van der Waals surface area contributed by atoms with Gasteiger partial charge in [-0.3, -0.25) is 4.68 Å². The molecule has 0 aliphatic heterocycles. The van der Waals surface area contributed by atoms with Gasteiger partial charge in [-0.15, -0.1) is 10.2 Å². The van der Waals surface area contributed by atoms with Gasteiger partial charge in [0.15, 0.2) is 0 Å². The molecular formula is C15H16ClN5O. The maximum absolute atomic E-state index is 5.88. The zero-order chi connectivity index (χ0) is 15.5. The van der Waals surface area contributed by atoms with Crippen molar-refractivity contribution in [1.29, 1.82) is 0 Å². The summed E-state index contributed by atoms with van der Waals surface area (Å²) >= 11 is 5.88. The summed E-state index contributed by atoms with van der Waals surface area (Å²) < 4.78 is 7.27. The highest BCUT2D eigenvalue weighted by molar-refractivity contribution is 6.30. The van der Waals surface area contributed by atoms with E-state index in [1.165, 1.54) is 0 Å². The van der Waals surface area contributed by atoms with Crippen LogP contribution in [-0.2, 0) is 6.54 Å². The first-order valence-corrected chi connectivity index (χ1v) is 7.31. The number of halogens is 1. The Labute approximate surface area is 133 Å². The molecule has 2 aromatic heterocycles. The molecule has 7 heteroatoms. The van der Waals surface area contributed by atoms with Crippen molar-refractivity contribution in [3.8, 4) is 0 Å². The van der Waals surface area contributed by atoms with Crippen LogP contribution < -0.4 is 5.32 Å². The van der Waals surface area contributed by atoms with Gasteiger partial charge >= 0.3 is 0 Å². The van der Waals surface area contributed by atoms with Crippen LogP contribution in [0.3, 0.4) is 0 Å². The molecule has 0 amide bonds. The summed E-state index contributed by atoms with van der Waals surface area (Å²) in [5.41, 5.74) is 2.04. The quantitative estimate of drug-likeness (QED) is 0.780. The molecule has 0 aliphatic rings. The Kier molecular flexibility index (Phi) is 4.11. The fraction of sp³-hybridized carbons (Fsp3) is 0.267. The minimum absolute atomic E-state index is 0.0746. The van der Waals surface area contributed by atoms with Crippen molar-refractivity contribution in [2.75, 3.05) is 5.32 Å². The summed E-state index contributed by atoms with van der Waals surface area (Å²) in [5, 5.41) is 16.2. The van der Waals surface area contributed by atoms with Gasteiger partial charge in [-0.05, 0) is 24.6 Å². The van der Waals surface area contributed by atoms with Crippen LogP contribution in [0.25, 0.3) is 0 Å². The lowest BCUT2D eigenvalue weighted by Gasteiger charge is -2.08. The number of rotatable bonds is 5. The van der Waals surface area contributed by atoms with E-state index in [9.17, 15) is 0 Å². The molecule has 114 valence electrons. The van der Waals surface area contributed by atoms with Crippen LogP contribution in [0.4, 0.5) is 5.69 Å². The van der Waals surface area contributed by atoms with E-state index in [1.807, 2.05) is 42.1 Å². The fourth-order valence-electron chi connectivity index (χ4n) is 2.10. The van der Waals surface area contributed by atoms with E-state index < -0.39 is 0 Å². The maximum atomic E-state index is 5.88. The van der Waals surface area contributed by atoms with Gasteiger partial charge in [-0.1, -0.05) is 23.7 Å². The number of nitrogens with one attached hydrogen (secondary N) is 1. The molecule has 1 unspecified atom stereocenters. The third-order valence-corrected chi connectivity index (χ3v) is 3.44. The highest BCUT2D eigenvalue weighted by Crippen LogP contribution is 2.18. The number of hydrogen-bond acceptors (Lipinski definition) is 5. The molecule has 1 atom stereocenters. The second-order valence-corrected chi connectivity index (χ2v) is 5.51. The van der Waals surface area contributed by atoms with E-state index in [2.05, 4.69) is 20.6 Å². The predicted molar refractivity (Wildman–Crippen MR) is 83.9 cm³/mol. The smallest absolute Gasteiger partial charge is 0.238 e. The highest BCUT2D eigenvalue weighted by Gasteiger charge is 2.13. The molecule has 0 saturated carbocycles.